The van der Waals surface area contributed by atoms with Crippen molar-refractivity contribution in [2.24, 2.45) is 11.5 Å². The van der Waals surface area contributed by atoms with Crippen LogP contribution in [0.1, 0.15) is 43.8 Å². The van der Waals surface area contributed by atoms with Gasteiger partial charge in [0.15, 0.2) is 11.4 Å². The molecule has 4 aromatic rings. The summed E-state index contributed by atoms with van der Waals surface area (Å²) in [5.41, 5.74) is 15.1. The molecule has 12 heteroatoms. The molecular weight excluding hydrogens is 508 g/mol. The van der Waals surface area contributed by atoms with Gasteiger partial charge in [0.05, 0.1) is 35.6 Å². The molecule has 2 aromatic heterocycles. The van der Waals surface area contributed by atoms with E-state index in [1.54, 1.807) is 36.4 Å². The van der Waals surface area contributed by atoms with E-state index in [4.69, 9.17) is 11.5 Å². The number of imidazole rings is 2. The average Bonchev–Trinajstić information content (AvgIpc) is 3.56. The third kappa shape index (κ3) is 3.82. The molecule has 0 saturated carbocycles. The zero-order chi connectivity index (χ0) is 28.0. The molecule has 40 heavy (non-hydrogen) atoms. The topological polar surface area (TPSA) is 193 Å². The molecule has 0 aliphatic carbocycles. The second-order valence-electron chi connectivity index (χ2n) is 9.52. The number of benzene rings is 2. The summed E-state index contributed by atoms with van der Waals surface area (Å²) in [4.78, 5) is 33.7. The molecule has 0 radical (unpaired) electrons. The number of primary amides is 2. The van der Waals surface area contributed by atoms with E-state index in [1.165, 1.54) is 0 Å². The Balaban J connectivity index is 1.60. The number of nitrogens with two attached hydrogens (primary N) is 2. The number of rotatable bonds is 5. The van der Waals surface area contributed by atoms with Crippen LogP contribution in [0.3, 0.4) is 0 Å². The molecule has 2 aromatic carbocycles. The van der Waals surface area contributed by atoms with Gasteiger partial charge in [-0.25, -0.2) is 9.97 Å². The number of hydrogen-bond donors (Lipinski definition) is 4. The number of carbonyl (C=O) groups excluding carboxylic acids is 2. The molecule has 0 atom stereocenters. The van der Waals surface area contributed by atoms with Crippen molar-refractivity contribution in [3.8, 4) is 45.8 Å². The van der Waals surface area contributed by atoms with Crippen LogP contribution >= 0.6 is 0 Å². The molecule has 0 spiro atoms. The maximum atomic E-state index is 12.4. The number of fused-ring (bicyclic) bond motifs is 2. The Morgan fingerprint density at radius 2 is 1.12 bits per heavy atom. The second kappa shape index (κ2) is 9.78. The molecular formula is C28H24N10O2. The van der Waals surface area contributed by atoms with Crippen LogP contribution in [0.5, 0.6) is 0 Å². The minimum absolute atomic E-state index is 0.0900. The Labute approximate surface area is 228 Å². The van der Waals surface area contributed by atoms with Gasteiger partial charge in [0, 0.05) is 48.4 Å². The lowest BCUT2D eigenvalue weighted by molar-refractivity contribution is 0.0988. The monoisotopic (exact) mass is 532 g/mol. The lowest BCUT2D eigenvalue weighted by Crippen LogP contribution is -2.28. The summed E-state index contributed by atoms with van der Waals surface area (Å²) < 4.78 is 3.81. The number of hydrogen-bond acceptors (Lipinski definition) is 8. The van der Waals surface area contributed by atoms with Crippen LogP contribution in [0.4, 0.5) is 0 Å². The minimum atomic E-state index is -0.690. The van der Waals surface area contributed by atoms with Gasteiger partial charge in [-0.3, -0.25) is 9.59 Å². The number of nitriles is 2. The van der Waals surface area contributed by atoms with Crippen molar-refractivity contribution in [1.82, 2.24) is 29.7 Å². The smallest absolute Gasteiger partial charge is 0.269 e. The standard InChI is InChI=1S/C28H24N10O2/c29-11-19-15(3-1-5-17(19)25-23(27(31)39)35-21-13-33-7-9-37(21)25)16-4-2-6-18(20(16)12-30)26-24(28(32)40)36-22-14-34-8-10-38(22)26/h1-6,33-34H,7-10,13-14H2,(H2,31,39)(H2,32,40). The average molecular weight is 533 g/mol. The van der Waals surface area contributed by atoms with Gasteiger partial charge < -0.3 is 31.2 Å². The van der Waals surface area contributed by atoms with Crippen molar-refractivity contribution in [1.29, 1.82) is 10.5 Å². The maximum absolute atomic E-state index is 12.4. The van der Waals surface area contributed by atoms with Crippen LogP contribution in [0.2, 0.25) is 0 Å². The van der Waals surface area contributed by atoms with E-state index in [1.807, 2.05) is 9.13 Å². The number of amides is 2. The summed E-state index contributed by atoms with van der Waals surface area (Å²) in [5, 5.41) is 27.3. The van der Waals surface area contributed by atoms with E-state index < -0.39 is 11.8 Å². The first kappa shape index (κ1) is 25.0. The van der Waals surface area contributed by atoms with Crippen LogP contribution in [-0.4, -0.2) is 44.0 Å². The molecule has 6 N–H and O–H groups in total. The molecule has 12 nitrogen and oxygen atoms in total. The number of nitrogens with one attached hydrogen (secondary N) is 2. The third-order valence-electron chi connectivity index (χ3n) is 7.30. The van der Waals surface area contributed by atoms with Crippen LogP contribution in [0.15, 0.2) is 36.4 Å². The van der Waals surface area contributed by atoms with E-state index in [2.05, 4.69) is 32.7 Å². The molecule has 0 fully saturated rings. The molecule has 2 aliphatic rings. The third-order valence-corrected chi connectivity index (χ3v) is 7.30. The first-order chi connectivity index (χ1) is 19.4. The summed E-state index contributed by atoms with van der Waals surface area (Å²) in [7, 11) is 0. The Bertz CT molecular complexity index is 1670. The fourth-order valence-corrected chi connectivity index (χ4v) is 5.61. The Morgan fingerprint density at radius 3 is 1.50 bits per heavy atom. The highest BCUT2D eigenvalue weighted by Gasteiger charge is 2.29. The van der Waals surface area contributed by atoms with Crippen molar-refractivity contribution < 1.29 is 9.59 Å². The van der Waals surface area contributed by atoms with Gasteiger partial charge in [-0.15, -0.1) is 0 Å². The number of nitrogens with zero attached hydrogens (tertiary/aromatic N) is 6. The molecule has 0 saturated heterocycles. The predicted molar refractivity (Wildman–Crippen MR) is 144 cm³/mol. The maximum Gasteiger partial charge on any atom is 0.269 e. The Hall–Kier alpha value is -5.30. The number of aromatic nitrogens is 4. The van der Waals surface area contributed by atoms with Crippen LogP contribution in [0.25, 0.3) is 33.6 Å². The highest BCUT2D eigenvalue weighted by Crippen LogP contribution is 2.39. The zero-order valence-electron chi connectivity index (χ0n) is 21.4. The molecule has 198 valence electrons. The summed E-state index contributed by atoms with van der Waals surface area (Å²) >= 11 is 0. The van der Waals surface area contributed by atoms with E-state index >= 15 is 0 Å². The number of carbonyl (C=O) groups is 2. The molecule has 0 unspecified atom stereocenters. The highest BCUT2D eigenvalue weighted by atomic mass is 16.1. The lowest BCUT2D eigenvalue weighted by atomic mass is 9.89. The van der Waals surface area contributed by atoms with E-state index in [9.17, 15) is 20.1 Å². The van der Waals surface area contributed by atoms with Crippen LogP contribution in [0, 0.1) is 22.7 Å². The van der Waals surface area contributed by atoms with Gasteiger partial charge in [0.1, 0.15) is 23.8 Å². The van der Waals surface area contributed by atoms with Gasteiger partial charge in [-0.05, 0) is 0 Å². The van der Waals surface area contributed by atoms with Gasteiger partial charge in [0.2, 0.25) is 0 Å². The fourth-order valence-electron chi connectivity index (χ4n) is 5.61. The predicted octanol–water partition coefficient (Wildman–Crippen LogP) is 1.23. The zero-order valence-corrected chi connectivity index (χ0v) is 21.4. The van der Waals surface area contributed by atoms with Gasteiger partial charge in [-0.2, -0.15) is 10.5 Å². The van der Waals surface area contributed by atoms with E-state index in [0.29, 0.717) is 84.6 Å². The summed E-state index contributed by atoms with van der Waals surface area (Å²) in [6.45, 7) is 3.38. The van der Waals surface area contributed by atoms with Gasteiger partial charge in [-0.1, -0.05) is 36.4 Å². The SMILES string of the molecule is N#Cc1c(-c2cccc(-c3c(C(N)=O)nc4n3CCNC4)c2C#N)cccc1-c1c(C(N)=O)nc2n1CCNC2. The highest BCUT2D eigenvalue weighted by molar-refractivity contribution is 6.00. The molecule has 2 amide bonds. The molecule has 2 aliphatic heterocycles. The second-order valence-corrected chi connectivity index (χ2v) is 9.52. The molecule has 6 rings (SSSR count). The van der Waals surface area contributed by atoms with Crippen molar-refractivity contribution >= 4 is 11.8 Å². The largest absolute Gasteiger partial charge is 0.364 e. The Morgan fingerprint density at radius 1 is 0.725 bits per heavy atom. The minimum Gasteiger partial charge on any atom is -0.364 e. The quantitative estimate of drug-likeness (QED) is 0.295. The van der Waals surface area contributed by atoms with Crippen LogP contribution in [-0.2, 0) is 26.2 Å². The summed E-state index contributed by atoms with van der Waals surface area (Å²) in [5.74, 6) is -0.0687. The van der Waals surface area contributed by atoms with Crippen molar-refractivity contribution in [3.05, 3.63) is 70.6 Å². The summed E-state index contributed by atoms with van der Waals surface area (Å²) in [6, 6.07) is 15.1. The fraction of sp³-hybridized carbons (Fsp3) is 0.214. The summed E-state index contributed by atoms with van der Waals surface area (Å²) in [6.07, 6.45) is 0. The first-order valence-electron chi connectivity index (χ1n) is 12.7. The van der Waals surface area contributed by atoms with Crippen LogP contribution < -0.4 is 22.1 Å². The normalized spacial score (nSPS) is 14.1. The molecule has 0 bridgehead atoms. The van der Waals surface area contributed by atoms with Crippen molar-refractivity contribution in [3.63, 3.8) is 0 Å². The first-order valence-corrected chi connectivity index (χ1v) is 12.7. The van der Waals surface area contributed by atoms with Gasteiger partial charge in [0.25, 0.3) is 11.8 Å². The van der Waals surface area contributed by atoms with E-state index in [-0.39, 0.29) is 22.5 Å². The Kier molecular flexibility index (Phi) is 6.11. The van der Waals surface area contributed by atoms with Crippen molar-refractivity contribution in [2.45, 2.75) is 26.2 Å². The van der Waals surface area contributed by atoms with E-state index in [0.717, 1.165) is 0 Å². The van der Waals surface area contributed by atoms with Gasteiger partial charge >= 0.3 is 0 Å². The van der Waals surface area contributed by atoms with Crippen molar-refractivity contribution in [2.75, 3.05) is 13.1 Å². The molecule has 4 heterocycles. The lowest BCUT2D eigenvalue weighted by Gasteiger charge is -2.20.